The van der Waals surface area contributed by atoms with Crippen LogP contribution in [0.4, 0.5) is 5.69 Å². The van der Waals surface area contributed by atoms with Gasteiger partial charge in [0.2, 0.25) is 5.91 Å². The lowest BCUT2D eigenvalue weighted by Gasteiger charge is -2.26. The summed E-state index contributed by atoms with van der Waals surface area (Å²) in [7, 11) is 0. The first-order valence-electron chi connectivity index (χ1n) is 10.3. The highest BCUT2D eigenvalue weighted by atomic mass is 79.9. The maximum Gasteiger partial charge on any atom is 0.261 e. The van der Waals surface area contributed by atoms with Crippen molar-refractivity contribution < 1.29 is 4.79 Å². The van der Waals surface area contributed by atoms with Gasteiger partial charge in [0.25, 0.3) is 5.56 Å². The fourth-order valence-electron chi connectivity index (χ4n) is 3.86. The summed E-state index contributed by atoms with van der Waals surface area (Å²) >= 11 is 3.38. The molecule has 30 heavy (non-hydrogen) atoms. The molecule has 1 aliphatic heterocycles. The monoisotopic (exact) mass is 468 g/mol. The van der Waals surface area contributed by atoms with Crippen molar-refractivity contribution in [3.63, 3.8) is 0 Å². The minimum Gasteiger partial charge on any atom is -0.326 e. The van der Waals surface area contributed by atoms with Gasteiger partial charge in [0.1, 0.15) is 0 Å². The van der Waals surface area contributed by atoms with Gasteiger partial charge in [-0.15, -0.1) is 0 Å². The average Bonchev–Trinajstić information content (AvgIpc) is 2.75. The Balaban J connectivity index is 1.37. The average molecular weight is 469 g/mol. The van der Waals surface area contributed by atoms with Crippen LogP contribution in [0.1, 0.15) is 31.2 Å². The second kappa shape index (κ2) is 9.53. The third-order valence-corrected chi connectivity index (χ3v) is 5.92. The number of hydrogen-bond acceptors (Lipinski definition) is 4. The summed E-state index contributed by atoms with van der Waals surface area (Å²) in [5, 5.41) is 3.49. The van der Waals surface area contributed by atoms with Gasteiger partial charge in [-0.2, -0.15) is 0 Å². The van der Waals surface area contributed by atoms with E-state index in [4.69, 9.17) is 0 Å². The van der Waals surface area contributed by atoms with Gasteiger partial charge < -0.3 is 5.32 Å². The highest BCUT2D eigenvalue weighted by Crippen LogP contribution is 2.17. The summed E-state index contributed by atoms with van der Waals surface area (Å²) in [6, 6.07) is 13.4. The van der Waals surface area contributed by atoms with Crippen molar-refractivity contribution in [3.8, 4) is 0 Å². The molecule has 7 heteroatoms. The molecule has 6 nitrogen and oxygen atoms in total. The summed E-state index contributed by atoms with van der Waals surface area (Å²) in [6.45, 7) is 3.48. The largest absolute Gasteiger partial charge is 0.326 e. The zero-order chi connectivity index (χ0) is 20.9. The summed E-state index contributed by atoms with van der Waals surface area (Å²) in [5.74, 6) is -0.119. The predicted octanol–water partition coefficient (Wildman–Crippen LogP) is 4.17. The number of hydrogen-bond donors (Lipinski definition) is 1. The molecular weight excluding hydrogens is 444 g/mol. The Labute approximate surface area is 184 Å². The van der Waals surface area contributed by atoms with Gasteiger partial charge in [-0.05, 0) is 61.8 Å². The van der Waals surface area contributed by atoms with E-state index in [2.05, 4.69) is 37.2 Å². The number of carbonyl (C=O) groups excluding carboxylic acids is 1. The number of carbonyl (C=O) groups is 1. The highest BCUT2D eigenvalue weighted by Gasteiger charge is 2.11. The number of amides is 1. The Morgan fingerprint density at radius 2 is 1.93 bits per heavy atom. The third kappa shape index (κ3) is 5.15. The number of piperidine rings is 1. The first-order chi connectivity index (χ1) is 14.6. The normalized spacial score (nSPS) is 14.7. The van der Waals surface area contributed by atoms with Crippen LogP contribution in [0.3, 0.4) is 0 Å². The Morgan fingerprint density at radius 1 is 1.10 bits per heavy atom. The lowest BCUT2D eigenvalue weighted by atomic mass is 10.1. The third-order valence-electron chi connectivity index (χ3n) is 5.43. The molecule has 1 saturated heterocycles. The molecule has 1 amide bonds. The van der Waals surface area contributed by atoms with Crippen LogP contribution in [0.25, 0.3) is 10.9 Å². The molecule has 1 fully saturated rings. The number of rotatable bonds is 6. The molecule has 0 bridgehead atoms. The number of nitrogens with one attached hydrogen (secondary N) is 1. The van der Waals surface area contributed by atoms with Crippen LogP contribution in [0, 0.1) is 0 Å². The number of aromatic nitrogens is 2. The number of halogens is 1. The second-order valence-corrected chi connectivity index (χ2v) is 8.66. The van der Waals surface area contributed by atoms with Crippen LogP contribution < -0.4 is 10.9 Å². The Hall–Kier alpha value is -2.51. The minimum atomic E-state index is -0.141. The van der Waals surface area contributed by atoms with Crippen molar-refractivity contribution in [2.24, 2.45) is 0 Å². The summed E-state index contributed by atoms with van der Waals surface area (Å²) in [6.07, 6.45) is 5.55. The van der Waals surface area contributed by atoms with Gasteiger partial charge in [-0.3, -0.25) is 19.1 Å². The lowest BCUT2D eigenvalue weighted by molar-refractivity contribution is -0.116. The molecule has 0 aliphatic carbocycles. The van der Waals surface area contributed by atoms with Crippen molar-refractivity contribution >= 4 is 38.4 Å². The molecule has 2 aromatic carbocycles. The van der Waals surface area contributed by atoms with Gasteiger partial charge in [-0.25, -0.2) is 4.98 Å². The molecule has 1 aromatic heterocycles. The maximum absolute atomic E-state index is 12.7. The maximum atomic E-state index is 12.7. The minimum absolute atomic E-state index is 0.119. The zero-order valence-corrected chi connectivity index (χ0v) is 18.4. The molecule has 2 heterocycles. The fourth-order valence-corrected chi connectivity index (χ4v) is 4.22. The van der Waals surface area contributed by atoms with E-state index in [1.54, 1.807) is 12.1 Å². The summed E-state index contributed by atoms with van der Waals surface area (Å²) < 4.78 is 2.31. The van der Waals surface area contributed by atoms with Gasteiger partial charge >= 0.3 is 0 Å². The number of fused-ring (bicyclic) bond motifs is 1. The molecule has 0 unspecified atom stereocenters. The van der Waals surface area contributed by atoms with Gasteiger partial charge in [0, 0.05) is 29.7 Å². The second-order valence-electron chi connectivity index (χ2n) is 7.74. The zero-order valence-electron chi connectivity index (χ0n) is 16.8. The molecule has 1 aliphatic rings. The standard InChI is InChI=1S/C23H25BrN4O2/c24-18-7-8-21-20(14-18)23(30)28(16-25-21)12-9-22(29)26-19-6-4-5-17(13-19)15-27-10-2-1-3-11-27/h4-8,13-14,16H,1-3,9-12,15H2,(H,26,29). The van der Waals surface area contributed by atoms with Crippen LogP contribution in [-0.4, -0.2) is 33.4 Å². The van der Waals surface area contributed by atoms with E-state index < -0.39 is 0 Å². The molecule has 0 spiro atoms. The van der Waals surface area contributed by atoms with Crippen molar-refractivity contribution in [3.05, 3.63) is 69.2 Å². The Kier molecular flexibility index (Phi) is 6.59. The first-order valence-corrected chi connectivity index (χ1v) is 11.1. The quantitative estimate of drug-likeness (QED) is 0.589. The number of anilines is 1. The van der Waals surface area contributed by atoms with E-state index in [-0.39, 0.29) is 24.4 Å². The van der Waals surface area contributed by atoms with E-state index >= 15 is 0 Å². The van der Waals surface area contributed by atoms with Crippen molar-refractivity contribution in [2.75, 3.05) is 18.4 Å². The number of nitrogens with zero attached hydrogens (tertiary/aromatic N) is 3. The van der Waals surface area contributed by atoms with E-state index in [1.807, 2.05) is 24.3 Å². The van der Waals surface area contributed by atoms with E-state index in [0.717, 1.165) is 29.8 Å². The Morgan fingerprint density at radius 3 is 2.77 bits per heavy atom. The number of benzene rings is 2. The van der Waals surface area contributed by atoms with Crippen LogP contribution in [0.2, 0.25) is 0 Å². The fraction of sp³-hybridized carbons (Fsp3) is 0.348. The van der Waals surface area contributed by atoms with Crippen molar-refractivity contribution in [2.45, 2.75) is 38.8 Å². The van der Waals surface area contributed by atoms with Crippen molar-refractivity contribution in [1.29, 1.82) is 0 Å². The van der Waals surface area contributed by atoms with E-state index in [0.29, 0.717) is 10.9 Å². The molecule has 3 aromatic rings. The van der Waals surface area contributed by atoms with Crippen LogP contribution in [-0.2, 0) is 17.9 Å². The summed E-state index contributed by atoms with van der Waals surface area (Å²) in [5.41, 5.74) is 2.50. The van der Waals surface area contributed by atoms with E-state index in [9.17, 15) is 9.59 Å². The van der Waals surface area contributed by atoms with Crippen LogP contribution in [0.15, 0.2) is 58.1 Å². The molecule has 156 valence electrons. The van der Waals surface area contributed by atoms with E-state index in [1.165, 1.54) is 35.7 Å². The van der Waals surface area contributed by atoms with Gasteiger partial charge in [-0.1, -0.05) is 34.5 Å². The molecule has 4 rings (SSSR count). The molecule has 1 N–H and O–H groups in total. The highest BCUT2D eigenvalue weighted by molar-refractivity contribution is 9.10. The lowest BCUT2D eigenvalue weighted by Crippen LogP contribution is -2.29. The van der Waals surface area contributed by atoms with Crippen LogP contribution >= 0.6 is 15.9 Å². The topological polar surface area (TPSA) is 67.2 Å². The number of aryl methyl sites for hydroxylation is 1. The SMILES string of the molecule is O=C(CCn1cnc2ccc(Br)cc2c1=O)Nc1cccc(CN2CCCCC2)c1. The molecule has 0 atom stereocenters. The Bertz CT molecular complexity index is 1110. The summed E-state index contributed by atoms with van der Waals surface area (Å²) in [4.78, 5) is 31.9. The van der Waals surface area contributed by atoms with Gasteiger partial charge in [0.05, 0.1) is 17.2 Å². The molecule has 0 radical (unpaired) electrons. The first kappa shape index (κ1) is 20.8. The predicted molar refractivity (Wildman–Crippen MR) is 123 cm³/mol. The number of likely N-dealkylation sites (tertiary alicyclic amines) is 1. The molecule has 0 saturated carbocycles. The smallest absolute Gasteiger partial charge is 0.261 e. The van der Waals surface area contributed by atoms with Crippen LogP contribution in [0.5, 0.6) is 0 Å². The van der Waals surface area contributed by atoms with Gasteiger partial charge in [0.15, 0.2) is 0 Å². The van der Waals surface area contributed by atoms with Crippen molar-refractivity contribution in [1.82, 2.24) is 14.5 Å². The molecular formula is C23H25BrN4O2.